The molecule has 0 saturated carbocycles. The molecule has 4 aromatic rings. The monoisotopic (exact) mass is 396 g/mol. The first-order valence-corrected chi connectivity index (χ1v) is 8.97. The van der Waals surface area contributed by atoms with E-state index < -0.39 is 17.7 Å². The first-order valence-electron chi connectivity index (χ1n) is 8.97. The molecule has 0 saturated heterocycles. The predicted molar refractivity (Wildman–Crippen MR) is 105 cm³/mol. The number of hydrogen-bond donors (Lipinski definition) is 2. The van der Waals surface area contributed by atoms with Gasteiger partial charge in [-0.2, -0.15) is 5.10 Å². The highest BCUT2D eigenvalue weighted by atomic mass is 19.1. The van der Waals surface area contributed by atoms with Gasteiger partial charge in [0.2, 0.25) is 0 Å². The minimum Gasteiger partial charge on any atom is -0.391 e. The average molecular weight is 396 g/mol. The second-order valence-corrected chi connectivity index (χ2v) is 6.75. The summed E-state index contributed by atoms with van der Waals surface area (Å²) in [4.78, 5) is 12.4. The van der Waals surface area contributed by atoms with Gasteiger partial charge < -0.3 is 10.4 Å². The Balaban J connectivity index is 1.73. The average Bonchev–Trinajstić information content (AvgIpc) is 3.08. The Kier molecular flexibility index (Phi) is 4.89. The molecule has 29 heavy (non-hydrogen) atoms. The topological polar surface area (TPSA) is 88.8 Å². The SMILES string of the molecule is Cc1ccc(F)c(-c2cc(Nc3c(F)cnc4cn(CC(C)O)nc34)ccn2)n1. The molecule has 4 aromatic heterocycles. The van der Waals surface area contributed by atoms with Crippen LogP contribution in [0.4, 0.5) is 20.2 Å². The lowest BCUT2D eigenvalue weighted by atomic mass is 10.2. The van der Waals surface area contributed by atoms with Gasteiger partial charge in [-0.15, -0.1) is 0 Å². The van der Waals surface area contributed by atoms with E-state index in [1.165, 1.54) is 16.9 Å². The van der Waals surface area contributed by atoms with Crippen molar-refractivity contribution in [1.82, 2.24) is 24.7 Å². The van der Waals surface area contributed by atoms with Crippen LogP contribution in [0, 0.1) is 18.6 Å². The van der Waals surface area contributed by atoms with Crippen molar-refractivity contribution < 1.29 is 13.9 Å². The van der Waals surface area contributed by atoms with Crippen molar-refractivity contribution in [3.63, 3.8) is 0 Å². The molecule has 4 rings (SSSR count). The van der Waals surface area contributed by atoms with Crippen LogP contribution in [-0.4, -0.2) is 35.9 Å². The molecule has 4 heterocycles. The number of anilines is 2. The molecule has 0 aliphatic rings. The molecule has 148 valence electrons. The molecule has 1 unspecified atom stereocenters. The predicted octanol–water partition coefficient (Wildman–Crippen LogP) is 3.60. The summed E-state index contributed by atoms with van der Waals surface area (Å²) in [5.41, 5.74) is 2.53. The zero-order chi connectivity index (χ0) is 20.5. The van der Waals surface area contributed by atoms with Gasteiger partial charge in [-0.25, -0.2) is 18.7 Å². The number of nitrogens with zero attached hydrogens (tertiary/aromatic N) is 5. The molecular weight excluding hydrogens is 378 g/mol. The first kappa shape index (κ1) is 18.9. The number of hydrogen-bond acceptors (Lipinski definition) is 6. The third-order valence-corrected chi connectivity index (χ3v) is 4.24. The van der Waals surface area contributed by atoms with Crippen molar-refractivity contribution in [1.29, 1.82) is 0 Å². The summed E-state index contributed by atoms with van der Waals surface area (Å²) in [6.07, 6.45) is 3.62. The van der Waals surface area contributed by atoms with Crippen LogP contribution in [0.3, 0.4) is 0 Å². The number of nitrogens with one attached hydrogen (secondary N) is 1. The lowest BCUT2D eigenvalue weighted by Gasteiger charge is -2.10. The van der Waals surface area contributed by atoms with E-state index >= 15 is 0 Å². The van der Waals surface area contributed by atoms with Crippen LogP contribution in [0.2, 0.25) is 0 Å². The highest BCUT2D eigenvalue weighted by Gasteiger charge is 2.15. The molecule has 1 atom stereocenters. The molecule has 9 heteroatoms. The van der Waals surface area contributed by atoms with E-state index in [1.807, 2.05) is 0 Å². The van der Waals surface area contributed by atoms with E-state index in [9.17, 15) is 13.9 Å². The van der Waals surface area contributed by atoms with Gasteiger partial charge in [-0.1, -0.05) is 0 Å². The highest BCUT2D eigenvalue weighted by molar-refractivity contribution is 5.89. The van der Waals surface area contributed by atoms with Crippen LogP contribution >= 0.6 is 0 Å². The normalized spacial score (nSPS) is 12.3. The van der Waals surface area contributed by atoms with Crippen LogP contribution in [0.1, 0.15) is 12.6 Å². The number of aliphatic hydroxyl groups is 1. The summed E-state index contributed by atoms with van der Waals surface area (Å²) >= 11 is 0. The van der Waals surface area contributed by atoms with Crippen LogP contribution in [-0.2, 0) is 6.54 Å². The van der Waals surface area contributed by atoms with Crippen LogP contribution in [0.15, 0.2) is 42.9 Å². The highest BCUT2D eigenvalue weighted by Crippen LogP contribution is 2.29. The number of aliphatic hydroxyl groups excluding tert-OH is 1. The molecule has 0 bridgehead atoms. The van der Waals surface area contributed by atoms with Gasteiger partial charge in [0.15, 0.2) is 11.6 Å². The molecule has 2 N–H and O–H groups in total. The second kappa shape index (κ2) is 7.51. The Morgan fingerprint density at radius 1 is 1.17 bits per heavy atom. The third kappa shape index (κ3) is 3.90. The Labute approximate surface area is 165 Å². The maximum atomic E-state index is 14.5. The van der Waals surface area contributed by atoms with Gasteiger partial charge in [0.1, 0.15) is 22.4 Å². The number of rotatable bonds is 5. The molecular formula is C20H18F2N6O. The lowest BCUT2D eigenvalue weighted by molar-refractivity contribution is 0.169. The zero-order valence-electron chi connectivity index (χ0n) is 15.8. The summed E-state index contributed by atoms with van der Waals surface area (Å²) < 4.78 is 30.2. The number of pyridine rings is 3. The molecule has 0 spiro atoms. The van der Waals surface area contributed by atoms with E-state index in [4.69, 9.17) is 0 Å². The smallest absolute Gasteiger partial charge is 0.167 e. The van der Waals surface area contributed by atoms with Crippen molar-refractivity contribution >= 4 is 22.4 Å². The van der Waals surface area contributed by atoms with E-state index in [0.717, 1.165) is 6.20 Å². The third-order valence-electron chi connectivity index (χ3n) is 4.24. The molecule has 0 fully saturated rings. The van der Waals surface area contributed by atoms with Gasteiger partial charge in [0.25, 0.3) is 0 Å². The first-order chi connectivity index (χ1) is 13.9. The fourth-order valence-electron chi connectivity index (χ4n) is 2.97. The van der Waals surface area contributed by atoms with Gasteiger partial charge >= 0.3 is 0 Å². The van der Waals surface area contributed by atoms with Gasteiger partial charge in [0, 0.05) is 17.6 Å². The second-order valence-electron chi connectivity index (χ2n) is 6.75. The number of fused-ring (bicyclic) bond motifs is 1. The van der Waals surface area contributed by atoms with Crippen LogP contribution in [0.5, 0.6) is 0 Å². The standard InChI is InChI=1S/C20H18F2N6O/c1-11-3-4-14(21)18(25-11)16-7-13(5-6-23-16)26-19-15(22)8-24-17-10-28(9-12(2)29)27-20(17)19/h3-8,10,12,29H,9H2,1-2H3,(H,23,26). The largest absolute Gasteiger partial charge is 0.391 e. The van der Waals surface area contributed by atoms with Gasteiger partial charge in [-0.05, 0) is 38.1 Å². The molecule has 0 aliphatic carbocycles. The van der Waals surface area contributed by atoms with E-state index in [-0.39, 0.29) is 17.9 Å². The maximum absolute atomic E-state index is 14.5. The van der Waals surface area contributed by atoms with Crippen LogP contribution in [0.25, 0.3) is 22.4 Å². The van der Waals surface area contributed by atoms with E-state index in [2.05, 4.69) is 25.4 Å². The summed E-state index contributed by atoms with van der Waals surface area (Å²) in [6.45, 7) is 3.66. The maximum Gasteiger partial charge on any atom is 0.167 e. The Hall–Kier alpha value is -3.46. The molecule has 7 nitrogen and oxygen atoms in total. The lowest BCUT2D eigenvalue weighted by Crippen LogP contribution is -2.11. The minimum absolute atomic E-state index is 0.121. The minimum atomic E-state index is -0.606. The van der Waals surface area contributed by atoms with Crippen LogP contribution < -0.4 is 5.32 Å². The van der Waals surface area contributed by atoms with Crippen molar-refractivity contribution in [3.8, 4) is 11.4 Å². The summed E-state index contributed by atoms with van der Waals surface area (Å²) in [5.74, 6) is -1.08. The van der Waals surface area contributed by atoms with Gasteiger partial charge in [-0.3, -0.25) is 9.67 Å². The number of aromatic nitrogens is 5. The molecule has 0 amide bonds. The Bertz CT molecular complexity index is 1190. The Morgan fingerprint density at radius 2 is 2.00 bits per heavy atom. The molecule has 0 aromatic carbocycles. The van der Waals surface area contributed by atoms with Gasteiger partial charge in [0.05, 0.1) is 30.7 Å². The van der Waals surface area contributed by atoms with E-state index in [0.29, 0.717) is 28.1 Å². The van der Waals surface area contributed by atoms with E-state index in [1.54, 1.807) is 38.2 Å². The van der Waals surface area contributed by atoms with Crippen molar-refractivity contribution in [2.24, 2.45) is 0 Å². The quantitative estimate of drug-likeness (QED) is 0.536. The van der Waals surface area contributed by atoms with Crippen molar-refractivity contribution in [2.45, 2.75) is 26.5 Å². The molecule has 0 radical (unpaired) electrons. The zero-order valence-corrected chi connectivity index (χ0v) is 15.8. The summed E-state index contributed by atoms with van der Waals surface area (Å²) in [5, 5.41) is 16.9. The summed E-state index contributed by atoms with van der Waals surface area (Å²) in [7, 11) is 0. The Morgan fingerprint density at radius 3 is 2.79 bits per heavy atom. The van der Waals surface area contributed by atoms with Crippen molar-refractivity contribution in [3.05, 3.63) is 60.2 Å². The van der Waals surface area contributed by atoms with Crippen molar-refractivity contribution in [2.75, 3.05) is 5.32 Å². The fourth-order valence-corrected chi connectivity index (χ4v) is 2.97. The fraction of sp³-hybridized carbons (Fsp3) is 0.200. The summed E-state index contributed by atoms with van der Waals surface area (Å²) in [6, 6.07) is 6.13. The number of aryl methyl sites for hydroxylation is 1. The molecule has 0 aliphatic heterocycles. The number of halogens is 2.